The quantitative estimate of drug-likeness (QED) is 0.207. The van der Waals surface area contributed by atoms with E-state index in [1.165, 1.54) is 19.3 Å². The van der Waals surface area contributed by atoms with Crippen molar-refractivity contribution in [3.8, 4) is 5.75 Å². The Kier molecular flexibility index (Phi) is 9.76. The molecule has 194 valence electrons. The molecule has 0 aliphatic carbocycles. The van der Waals surface area contributed by atoms with Gasteiger partial charge in [0.15, 0.2) is 13.1 Å². The van der Waals surface area contributed by atoms with Crippen LogP contribution in [0.2, 0.25) is 0 Å². The number of halogens is 3. The van der Waals surface area contributed by atoms with Gasteiger partial charge in [0.2, 0.25) is 0 Å². The molecule has 2 rings (SSSR count). The molecule has 35 heavy (non-hydrogen) atoms. The van der Waals surface area contributed by atoms with Gasteiger partial charge < -0.3 is 24.0 Å². The SMILES string of the molecule is COCOc1cc(C(F)(F)F)ccc1/C(C=O)=C/C=C\N(C)CC1CCN(C(=O)OC(C)(C)C)C1. The Hall–Kier alpha value is -3.01. The Bertz CT molecular complexity index is 938. The summed E-state index contributed by atoms with van der Waals surface area (Å²) in [5.74, 6) is 0.158. The minimum absolute atomic E-state index is 0.102. The molecule has 0 radical (unpaired) electrons. The van der Waals surface area contributed by atoms with E-state index in [2.05, 4.69) is 0 Å². The highest BCUT2D eigenvalue weighted by Crippen LogP contribution is 2.35. The topological polar surface area (TPSA) is 68.3 Å². The predicted molar refractivity (Wildman–Crippen MR) is 126 cm³/mol. The molecule has 0 spiro atoms. The molecule has 1 aromatic rings. The maximum atomic E-state index is 13.1. The first-order valence-corrected chi connectivity index (χ1v) is 11.2. The van der Waals surface area contributed by atoms with Gasteiger partial charge in [-0.3, -0.25) is 4.79 Å². The van der Waals surface area contributed by atoms with E-state index in [0.29, 0.717) is 25.9 Å². The first kappa shape index (κ1) is 28.2. The molecule has 10 heteroatoms. The van der Waals surface area contributed by atoms with E-state index in [0.717, 1.165) is 18.6 Å². The number of hydrogen-bond acceptors (Lipinski definition) is 6. The second kappa shape index (κ2) is 12.1. The van der Waals surface area contributed by atoms with Gasteiger partial charge in [0.1, 0.15) is 11.4 Å². The number of benzene rings is 1. The molecule has 0 bridgehead atoms. The molecule has 0 N–H and O–H groups in total. The fourth-order valence-electron chi connectivity index (χ4n) is 3.61. The monoisotopic (exact) mass is 498 g/mol. The molecule has 1 amide bonds. The maximum absolute atomic E-state index is 13.1. The number of carbonyl (C=O) groups is 2. The van der Waals surface area contributed by atoms with Crippen molar-refractivity contribution in [1.29, 1.82) is 0 Å². The number of hydrogen-bond donors (Lipinski definition) is 0. The van der Waals surface area contributed by atoms with Gasteiger partial charge in [-0.1, -0.05) is 0 Å². The van der Waals surface area contributed by atoms with Crippen LogP contribution in [0.5, 0.6) is 5.75 Å². The molecule has 1 aromatic carbocycles. The Morgan fingerprint density at radius 2 is 1.97 bits per heavy atom. The van der Waals surface area contributed by atoms with E-state index in [1.807, 2.05) is 32.7 Å². The number of carbonyl (C=O) groups excluding carboxylic acids is 2. The number of ether oxygens (including phenoxy) is 3. The van der Waals surface area contributed by atoms with Crippen LogP contribution in [0.3, 0.4) is 0 Å². The summed E-state index contributed by atoms with van der Waals surface area (Å²) in [6.07, 6.45) is 1.45. The van der Waals surface area contributed by atoms with E-state index in [1.54, 1.807) is 17.2 Å². The minimum Gasteiger partial charge on any atom is -0.467 e. The van der Waals surface area contributed by atoms with E-state index in [4.69, 9.17) is 14.2 Å². The molecular formula is C25H33F3N2O5. The van der Waals surface area contributed by atoms with Crippen LogP contribution in [-0.4, -0.2) is 68.4 Å². The molecule has 7 nitrogen and oxygen atoms in total. The number of aldehydes is 1. The van der Waals surface area contributed by atoms with Crippen LogP contribution in [0, 0.1) is 5.92 Å². The third kappa shape index (κ3) is 8.93. The second-order valence-electron chi connectivity index (χ2n) is 9.36. The highest BCUT2D eigenvalue weighted by Gasteiger charge is 2.32. The summed E-state index contributed by atoms with van der Waals surface area (Å²) in [5.41, 5.74) is -1.05. The van der Waals surface area contributed by atoms with Gasteiger partial charge >= 0.3 is 12.3 Å². The molecule has 1 heterocycles. The fourth-order valence-corrected chi connectivity index (χ4v) is 3.61. The molecule has 1 saturated heterocycles. The minimum atomic E-state index is -4.54. The van der Waals surface area contributed by atoms with Gasteiger partial charge in [-0.25, -0.2) is 4.79 Å². The number of methoxy groups -OCH3 is 1. The number of amides is 1. The summed E-state index contributed by atoms with van der Waals surface area (Å²) in [4.78, 5) is 27.6. The van der Waals surface area contributed by atoms with E-state index in [-0.39, 0.29) is 35.7 Å². The zero-order valence-corrected chi connectivity index (χ0v) is 20.7. The molecule has 0 aromatic heterocycles. The molecule has 1 unspecified atom stereocenters. The third-order valence-electron chi connectivity index (χ3n) is 5.18. The van der Waals surface area contributed by atoms with Crippen LogP contribution in [-0.2, 0) is 20.4 Å². The number of allylic oxidation sites excluding steroid dienone is 3. The van der Waals surface area contributed by atoms with Gasteiger partial charge in [-0.15, -0.1) is 0 Å². The Morgan fingerprint density at radius 1 is 1.26 bits per heavy atom. The molecule has 1 aliphatic rings. The molecule has 1 aliphatic heterocycles. The lowest BCUT2D eigenvalue weighted by molar-refractivity contribution is -0.137. The Labute approximate surface area is 204 Å². The van der Waals surface area contributed by atoms with Gasteiger partial charge in [0.25, 0.3) is 0 Å². The van der Waals surface area contributed by atoms with Crippen molar-refractivity contribution in [1.82, 2.24) is 9.80 Å². The number of rotatable bonds is 9. The summed E-state index contributed by atoms with van der Waals surface area (Å²) >= 11 is 0. The lowest BCUT2D eigenvalue weighted by atomic mass is 10.0. The average molecular weight is 499 g/mol. The van der Waals surface area contributed by atoms with E-state index < -0.39 is 17.3 Å². The lowest BCUT2D eigenvalue weighted by Gasteiger charge is -2.25. The van der Waals surface area contributed by atoms with Gasteiger partial charge in [0.05, 0.1) is 5.56 Å². The summed E-state index contributed by atoms with van der Waals surface area (Å²) in [5, 5.41) is 0. The first-order chi connectivity index (χ1) is 16.3. The zero-order valence-electron chi connectivity index (χ0n) is 20.7. The fraction of sp³-hybridized carbons (Fsp3) is 0.520. The molecule has 1 fully saturated rings. The summed E-state index contributed by atoms with van der Waals surface area (Å²) < 4.78 is 54.8. The highest BCUT2D eigenvalue weighted by atomic mass is 19.4. The van der Waals surface area contributed by atoms with Crippen LogP contribution in [0.1, 0.15) is 38.3 Å². The summed E-state index contributed by atoms with van der Waals surface area (Å²) in [6.45, 7) is 7.13. The Morgan fingerprint density at radius 3 is 2.57 bits per heavy atom. The van der Waals surface area contributed by atoms with Gasteiger partial charge in [-0.05, 0) is 69.7 Å². The third-order valence-corrected chi connectivity index (χ3v) is 5.18. The van der Waals surface area contributed by atoms with Crippen LogP contribution < -0.4 is 4.74 Å². The second-order valence-corrected chi connectivity index (χ2v) is 9.36. The zero-order chi connectivity index (χ0) is 26.2. The largest absolute Gasteiger partial charge is 0.467 e. The van der Waals surface area contributed by atoms with Crippen LogP contribution in [0.15, 0.2) is 36.6 Å². The summed E-state index contributed by atoms with van der Waals surface area (Å²) in [7, 11) is 3.21. The Balaban J connectivity index is 2.05. The molecular weight excluding hydrogens is 465 g/mol. The molecule has 1 atom stereocenters. The van der Waals surface area contributed by atoms with Crippen molar-refractivity contribution in [2.75, 3.05) is 40.6 Å². The van der Waals surface area contributed by atoms with Crippen molar-refractivity contribution < 1.29 is 37.0 Å². The van der Waals surface area contributed by atoms with Crippen molar-refractivity contribution in [2.24, 2.45) is 5.92 Å². The first-order valence-electron chi connectivity index (χ1n) is 11.2. The lowest BCUT2D eigenvalue weighted by Crippen LogP contribution is -2.36. The maximum Gasteiger partial charge on any atom is 0.416 e. The van der Waals surface area contributed by atoms with Gasteiger partial charge in [0, 0.05) is 44.9 Å². The van der Waals surface area contributed by atoms with Crippen LogP contribution in [0.25, 0.3) is 5.57 Å². The number of nitrogens with zero attached hydrogens (tertiary/aromatic N) is 2. The van der Waals surface area contributed by atoms with E-state index in [9.17, 15) is 22.8 Å². The average Bonchev–Trinajstić information content (AvgIpc) is 3.22. The van der Waals surface area contributed by atoms with Crippen molar-refractivity contribution >= 4 is 18.0 Å². The normalized spacial score (nSPS) is 17.1. The predicted octanol–water partition coefficient (Wildman–Crippen LogP) is 4.97. The molecule has 0 saturated carbocycles. The standard InChI is InChI=1S/C25H33F3N2O5/c1-24(2,3)35-23(32)30-12-10-18(15-30)14-29(4)11-6-7-19(16-31)21-9-8-20(25(26,27)28)13-22(21)34-17-33-5/h6-9,11,13,16,18H,10,12,14-15,17H2,1-5H3/b11-6-,19-7+. The summed E-state index contributed by atoms with van der Waals surface area (Å²) in [6, 6.07) is 2.95. The van der Waals surface area contributed by atoms with Crippen molar-refractivity contribution in [3.05, 3.63) is 47.7 Å². The number of likely N-dealkylation sites (tertiary alicyclic amines) is 1. The number of alkyl halides is 3. The smallest absolute Gasteiger partial charge is 0.416 e. The van der Waals surface area contributed by atoms with Crippen LogP contribution >= 0.6 is 0 Å². The van der Waals surface area contributed by atoms with Crippen molar-refractivity contribution in [2.45, 2.75) is 39.0 Å². The van der Waals surface area contributed by atoms with Crippen LogP contribution in [0.4, 0.5) is 18.0 Å². The van der Waals surface area contributed by atoms with E-state index >= 15 is 0 Å². The van der Waals surface area contributed by atoms with Gasteiger partial charge in [-0.2, -0.15) is 13.2 Å². The highest BCUT2D eigenvalue weighted by molar-refractivity contribution is 6.08. The van der Waals surface area contributed by atoms with Crippen molar-refractivity contribution in [3.63, 3.8) is 0 Å².